The van der Waals surface area contributed by atoms with Crippen LogP contribution in [0.5, 0.6) is 0 Å². The first kappa shape index (κ1) is 5.06. The summed E-state index contributed by atoms with van der Waals surface area (Å²) in [5, 5.41) is 0. The maximum Gasteiger partial charge on any atom is 0.0621 e. The summed E-state index contributed by atoms with van der Waals surface area (Å²) in [4.78, 5) is 1.93. The molecule has 0 radical (unpaired) electrons. The number of likely N-dealkylation sites (N-methyl/N-ethyl adjacent to an activating group) is 1. The zero-order valence-corrected chi connectivity index (χ0v) is 4.55. The maximum atomic E-state index is 4.91. The molecular formula is C5H10NO-. The third-order valence-corrected chi connectivity index (χ3v) is 1.24. The molecule has 0 saturated carbocycles. The summed E-state index contributed by atoms with van der Waals surface area (Å²) in [6.07, 6.45) is 0. The molecule has 0 aromatic heterocycles. The minimum absolute atomic E-state index is 0.583. The van der Waals surface area contributed by atoms with E-state index in [1.54, 1.807) is 0 Å². The fourth-order valence-corrected chi connectivity index (χ4v) is 0.478. The lowest BCUT2D eigenvalue weighted by Crippen LogP contribution is -2.43. The van der Waals surface area contributed by atoms with Gasteiger partial charge in [0.1, 0.15) is 0 Å². The van der Waals surface area contributed by atoms with Gasteiger partial charge in [-0.3, -0.25) is 7.05 Å². The van der Waals surface area contributed by atoms with Crippen LogP contribution in [0.1, 0.15) is 0 Å². The lowest BCUT2D eigenvalue weighted by Gasteiger charge is -2.37. The van der Waals surface area contributed by atoms with Gasteiger partial charge in [-0.1, -0.05) is 0 Å². The van der Waals surface area contributed by atoms with E-state index in [1.165, 1.54) is 0 Å². The second-order valence-corrected chi connectivity index (χ2v) is 1.95. The molecule has 1 saturated heterocycles. The molecule has 0 aliphatic carbocycles. The lowest BCUT2D eigenvalue weighted by atomic mass is 10.2. The Kier molecular flexibility index (Phi) is 1.30. The van der Waals surface area contributed by atoms with Crippen LogP contribution in [0.15, 0.2) is 0 Å². The van der Waals surface area contributed by atoms with Crippen LogP contribution in [-0.2, 0) is 4.74 Å². The molecule has 42 valence electrons. The maximum absolute atomic E-state index is 4.91. The topological polar surface area (TPSA) is 12.5 Å². The summed E-state index contributed by atoms with van der Waals surface area (Å²) in [5.41, 5.74) is 0. The Morgan fingerprint density at radius 2 is 2.29 bits per heavy atom. The van der Waals surface area contributed by atoms with Crippen LogP contribution in [0.3, 0.4) is 0 Å². The Hall–Kier alpha value is -0.0800. The van der Waals surface area contributed by atoms with Crippen LogP contribution in [-0.4, -0.2) is 31.2 Å². The summed E-state index contributed by atoms with van der Waals surface area (Å²) in [5.74, 6) is 0. The monoisotopic (exact) mass is 100 g/mol. The average Bonchev–Trinajstić information content (AvgIpc) is 1.23. The van der Waals surface area contributed by atoms with E-state index >= 15 is 0 Å². The van der Waals surface area contributed by atoms with Gasteiger partial charge in [-0.25, -0.2) is 0 Å². The first-order valence-electron chi connectivity index (χ1n) is 2.42. The fourth-order valence-electron chi connectivity index (χ4n) is 0.478. The molecule has 1 heterocycles. The molecule has 1 fully saturated rings. The van der Waals surface area contributed by atoms with Crippen LogP contribution in [0, 0.1) is 7.05 Å². The smallest absolute Gasteiger partial charge is 0.0621 e. The standard InChI is InChI=1S/C5H10NO/c1-6(2)5-3-7-4-5/h5H,1,3-4H2,2H3/q-1. The molecule has 0 spiro atoms. The van der Waals surface area contributed by atoms with Crippen molar-refractivity contribution in [1.29, 1.82) is 0 Å². The molecule has 1 rings (SSSR count). The van der Waals surface area contributed by atoms with E-state index in [2.05, 4.69) is 7.05 Å². The van der Waals surface area contributed by atoms with E-state index in [1.807, 2.05) is 11.9 Å². The molecule has 0 aromatic rings. The van der Waals surface area contributed by atoms with Crippen LogP contribution in [0.25, 0.3) is 0 Å². The summed E-state index contributed by atoms with van der Waals surface area (Å²) in [6.45, 7) is 1.72. The number of nitrogens with zero attached hydrogens (tertiary/aromatic N) is 1. The van der Waals surface area contributed by atoms with Gasteiger partial charge in [0.15, 0.2) is 0 Å². The molecule has 2 heteroatoms. The Morgan fingerprint density at radius 3 is 2.29 bits per heavy atom. The molecule has 7 heavy (non-hydrogen) atoms. The van der Waals surface area contributed by atoms with Gasteiger partial charge in [0.05, 0.1) is 13.2 Å². The van der Waals surface area contributed by atoms with Gasteiger partial charge in [0.25, 0.3) is 0 Å². The first-order chi connectivity index (χ1) is 3.30. The third-order valence-electron chi connectivity index (χ3n) is 1.24. The van der Waals surface area contributed by atoms with Gasteiger partial charge in [-0.2, -0.15) is 0 Å². The van der Waals surface area contributed by atoms with Crippen molar-refractivity contribution < 1.29 is 4.74 Å². The van der Waals surface area contributed by atoms with E-state index in [-0.39, 0.29) is 0 Å². The highest BCUT2D eigenvalue weighted by atomic mass is 16.5. The molecular weight excluding hydrogens is 90.1 g/mol. The van der Waals surface area contributed by atoms with Crippen LogP contribution < -0.4 is 0 Å². The highest BCUT2D eigenvalue weighted by molar-refractivity contribution is 4.73. The van der Waals surface area contributed by atoms with Crippen molar-refractivity contribution in [2.45, 2.75) is 6.04 Å². The quantitative estimate of drug-likeness (QED) is 0.433. The van der Waals surface area contributed by atoms with Crippen molar-refractivity contribution in [1.82, 2.24) is 4.90 Å². The largest absolute Gasteiger partial charge is 0.455 e. The Balaban J connectivity index is 2.14. The predicted molar refractivity (Wildman–Crippen MR) is 27.7 cm³/mol. The minimum Gasteiger partial charge on any atom is -0.455 e. The van der Waals surface area contributed by atoms with E-state index < -0.39 is 0 Å². The second kappa shape index (κ2) is 1.80. The van der Waals surface area contributed by atoms with Gasteiger partial charge in [0, 0.05) is 6.04 Å². The van der Waals surface area contributed by atoms with Crippen molar-refractivity contribution in [2.75, 3.05) is 20.3 Å². The van der Waals surface area contributed by atoms with Crippen molar-refractivity contribution in [2.24, 2.45) is 0 Å². The molecule has 0 unspecified atom stereocenters. The third kappa shape index (κ3) is 0.924. The van der Waals surface area contributed by atoms with E-state index in [0.717, 1.165) is 13.2 Å². The van der Waals surface area contributed by atoms with Gasteiger partial charge in [-0.15, -0.1) is 0 Å². The molecule has 2 nitrogen and oxygen atoms in total. The van der Waals surface area contributed by atoms with E-state index in [0.29, 0.717) is 6.04 Å². The van der Waals surface area contributed by atoms with Crippen LogP contribution >= 0.6 is 0 Å². The predicted octanol–water partition coefficient (Wildman–Crippen LogP) is 0.109. The SMILES string of the molecule is [CH2-]N(C)C1COC1. The molecule has 0 aromatic carbocycles. The molecule has 0 atom stereocenters. The van der Waals surface area contributed by atoms with Crippen LogP contribution in [0.2, 0.25) is 0 Å². The summed E-state index contributed by atoms with van der Waals surface area (Å²) < 4.78 is 4.91. The molecule has 0 bridgehead atoms. The average molecular weight is 100 g/mol. The Bertz CT molecular complexity index is 59.1. The van der Waals surface area contributed by atoms with Crippen LogP contribution in [0.4, 0.5) is 0 Å². The lowest BCUT2D eigenvalue weighted by molar-refractivity contribution is -0.0421. The van der Waals surface area contributed by atoms with Crippen molar-refractivity contribution in [3.63, 3.8) is 0 Å². The highest BCUT2D eigenvalue weighted by Gasteiger charge is 2.15. The normalized spacial score (nSPS) is 22.7. The zero-order chi connectivity index (χ0) is 5.28. The number of hydrogen-bond acceptors (Lipinski definition) is 2. The fraction of sp³-hybridized carbons (Fsp3) is 0.800. The number of ether oxygens (including phenoxy) is 1. The van der Waals surface area contributed by atoms with Crippen molar-refractivity contribution in [3.8, 4) is 0 Å². The molecule has 0 N–H and O–H groups in total. The van der Waals surface area contributed by atoms with Crippen molar-refractivity contribution >= 4 is 0 Å². The second-order valence-electron chi connectivity index (χ2n) is 1.95. The molecule has 1 aliphatic heterocycles. The minimum atomic E-state index is 0.583. The summed E-state index contributed by atoms with van der Waals surface area (Å²) in [6, 6.07) is 0.583. The molecule has 1 aliphatic rings. The zero-order valence-electron chi connectivity index (χ0n) is 4.55. The summed E-state index contributed by atoms with van der Waals surface area (Å²) in [7, 11) is 5.68. The Labute approximate surface area is 44.1 Å². The first-order valence-corrected chi connectivity index (χ1v) is 2.42. The molecule has 0 amide bonds. The van der Waals surface area contributed by atoms with Gasteiger partial charge >= 0.3 is 0 Å². The summed E-state index contributed by atoms with van der Waals surface area (Å²) >= 11 is 0. The number of rotatable bonds is 1. The van der Waals surface area contributed by atoms with Gasteiger partial charge < -0.3 is 9.64 Å². The number of hydrogen-bond donors (Lipinski definition) is 0. The van der Waals surface area contributed by atoms with Gasteiger partial charge in [-0.05, 0) is 7.05 Å². The highest BCUT2D eigenvalue weighted by Crippen LogP contribution is 2.05. The Morgan fingerprint density at radius 1 is 1.71 bits per heavy atom. The van der Waals surface area contributed by atoms with Gasteiger partial charge in [0.2, 0.25) is 0 Å². The van der Waals surface area contributed by atoms with E-state index in [4.69, 9.17) is 4.74 Å². The van der Waals surface area contributed by atoms with Crippen molar-refractivity contribution in [3.05, 3.63) is 7.05 Å². The van der Waals surface area contributed by atoms with E-state index in [9.17, 15) is 0 Å².